The van der Waals surface area contributed by atoms with Gasteiger partial charge >= 0.3 is 0 Å². The number of carbonyl (C=O) groups is 1. The molecule has 3 heterocycles. The lowest BCUT2D eigenvalue weighted by atomic mass is 10.0. The average molecular weight is 375 g/mol. The van der Waals surface area contributed by atoms with E-state index in [2.05, 4.69) is 20.6 Å². The zero-order valence-electron chi connectivity index (χ0n) is 16.5. The van der Waals surface area contributed by atoms with E-state index in [0.29, 0.717) is 28.1 Å². The summed E-state index contributed by atoms with van der Waals surface area (Å²) < 4.78 is 7.09. The number of rotatable bonds is 3. The molecule has 0 unspecified atom stereocenters. The Morgan fingerprint density at radius 1 is 1.11 bits per heavy atom. The highest BCUT2D eigenvalue weighted by Crippen LogP contribution is 2.29. The molecular formula is C21H21N5O2. The number of nitrogens with one attached hydrogen (secondary N) is 1. The Bertz CT molecular complexity index is 1220. The van der Waals surface area contributed by atoms with E-state index >= 15 is 0 Å². The Morgan fingerprint density at radius 3 is 2.57 bits per heavy atom. The fraction of sp³-hybridized carbons (Fsp3) is 0.238. The highest BCUT2D eigenvalue weighted by Gasteiger charge is 2.21. The summed E-state index contributed by atoms with van der Waals surface area (Å²) in [6.07, 6.45) is 1.87. The molecule has 7 nitrogen and oxygen atoms in total. The molecule has 1 amide bonds. The summed E-state index contributed by atoms with van der Waals surface area (Å²) in [5, 5.41) is 12.0. The van der Waals surface area contributed by atoms with Crippen LogP contribution in [0.3, 0.4) is 0 Å². The van der Waals surface area contributed by atoms with Crippen LogP contribution in [0.15, 0.2) is 35.0 Å². The third-order valence-corrected chi connectivity index (χ3v) is 4.78. The first-order valence-electron chi connectivity index (χ1n) is 8.99. The number of aryl methyl sites for hydroxylation is 5. The van der Waals surface area contributed by atoms with Crippen LogP contribution in [0.2, 0.25) is 0 Å². The minimum Gasteiger partial charge on any atom is -0.335 e. The minimum absolute atomic E-state index is 0.228. The van der Waals surface area contributed by atoms with Crippen molar-refractivity contribution in [3.8, 4) is 11.3 Å². The van der Waals surface area contributed by atoms with Crippen molar-refractivity contribution in [2.24, 2.45) is 7.05 Å². The molecule has 0 saturated carbocycles. The van der Waals surface area contributed by atoms with Crippen molar-refractivity contribution in [2.45, 2.75) is 27.7 Å². The largest absolute Gasteiger partial charge is 0.335 e. The summed E-state index contributed by atoms with van der Waals surface area (Å²) in [7, 11) is 1.85. The van der Waals surface area contributed by atoms with Crippen molar-refractivity contribution in [1.29, 1.82) is 0 Å². The summed E-state index contributed by atoms with van der Waals surface area (Å²) in [6.45, 7) is 7.70. The fourth-order valence-electron chi connectivity index (χ4n) is 3.41. The number of nitrogens with zero attached hydrogens (tertiary/aromatic N) is 4. The van der Waals surface area contributed by atoms with Gasteiger partial charge in [-0.15, -0.1) is 0 Å². The molecular weight excluding hydrogens is 354 g/mol. The molecule has 0 aliphatic heterocycles. The third kappa shape index (κ3) is 3.05. The zero-order chi connectivity index (χ0) is 20.0. The van der Waals surface area contributed by atoms with Crippen LogP contribution in [0.5, 0.6) is 0 Å². The number of amides is 1. The maximum Gasteiger partial charge on any atom is 0.259 e. The molecule has 0 spiro atoms. The Kier molecular flexibility index (Phi) is 4.22. The van der Waals surface area contributed by atoms with Gasteiger partial charge in [0.25, 0.3) is 11.6 Å². The van der Waals surface area contributed by atoms with Crippen LogP contribution in [0.1, 0.15) is 32.9 Å². The highest BCUT2D eigenvalue weighted by molar-refractivity contribution is 6.13. The van der Waals surface area contributed by atoms with Crippen molar-refractivity contribution >= 4 is 22.7 Å². The Balaban J connectivity index is 1.83. The van der Waals surface area contributed by atoms with Crippen molar-refractivity contribution in [1.82, 2.24) is 19.9 Å². The predicted octanol–water partition coefficient (Wildman–Crippen LogP) is 4.11. The molecule has 7 heteroatoms. The number of hydrogen-bond acceptors (Lipinski definition) is 5. The van der Waals surface area contributed by atoms with Gasteiger partial charge in [-0.3, -0.25) is 9.48 Å². The lowest BCUT2D eigenvalue weighted by Crippen LogP contribution is -2.14. The van der Waals surface area contributed by atoms with Crippen molar-refractivity contribution in [2.75, 3.05) is 5.32 Å². The molecule has 1 N–H and O–H groups in total. The normalized spacial score (nSPS) is 11.2. The number of anilines is 1. The molecule has 0 aliphatic carbocycles. The molecule has 0 bridgehead atoms. The lowest BCUT2D eigenvalue weighted by Gasteiger charge is -2.10. The predicted molar refractivity (Wildman–Crippen MR) is 107 cm³/mol. The van der Waals surface area contributed by atoms with Gasteiger partial charge in [-0.1, -0.05) is 22.9 Å². The summed E-state index contributed by atoms with van der Waals surface area (Å²) in [4.78, 5) is 17.7. The van der Waals surface area contributed by atoms with Crippen molar-refractivity contribution in [3.63, 3.8) is 0 Å². The lowest BCUT2D eigenvalue weighted by molar-refractivity contribution is 0.102. The highest BCUT2D eigenvalue weighted by atomic mass is 16.5. The van der Waals surface area contributed by atoms with Gasteiger partial charge in [-0.05, 0) is 45.4 Å². The van der Waals surface area contributed by atoms with Gasteiger partial charge < -0.3 is 9.84 Å². The van der Waals surface area contributed by atoms with E-state index in [9.17, 15) is 4.79 Å². The Hall–Kier alpha value is -3.48. The van der Waals surface area contributed by atoms with Crippen molar-refractivity contribution < 1.29 is 9.32 Å². The molecule has 0 fully saturated rings. The number of fused-ring (bicyclic) bond motifs is 1. The van der Waals surface area contributed by atoms with E-state index < -0.39 is 0 Å². The molecule has 1 aromatic carbocycles. The van der Waals surface area contributed by atoms with Crippen LogP contribution >= 0.6 is 0 Å². The first-order chi connectivity index (χ1) is 13.3. The number of carbonyl (C=O) groups excluding carboxylic acids is 1. The molecule has 4 aromatic rings. The topological polar surface area (TPSA) is 85.8 Å². The van der Waals surface area contributed by atoms with E-state index in [4.69, 9.17) is 4.52 Å². The molecule has 3 aromatic heterocycles. The van der Waals surface area contributed by atoms with Gasteiger partial charge in [-0.25, -0.2) is 4.98 Å². The SMILES string of the molecule is Cc1ccc(NC(=O)c2cc(-c3cn(C)nc3C)nc3onc(C)c23)c(C)c1. The van der Waals surface area contributed by atoms with Crippen LogP contribution in [-0.2, 0) is 7.05 Å². The zero-order valence-corrected chi connectivity index (χ0v) is 16.5. The third-order valence-electron chi connectivity index (χ3n) is 4.78. The monoisotopic (exact) mass is 375 g/mol. The molecule has 0 saturated heterocycles. The maximum absolute atomic E-state index is 13.2. The average Bonchev–Trinajstić information content (AvgIpc) is 3.18. The molecule has 0 aliphatic rings. The standard InChI is InChI=1S/C21H21N5O2/c1-11-6-7-17(12(2)8-11)22-20(27)15-9-18(16-10-26(5)24-13(16)3)23-21-19(15)14(4)25-28-21/h6-10H,1-5H3,(H,22,27). The first kappa shape index (κ1) is 17.9. The second kappa shape index (κ2) is 6.60. The van der Waals surface area contributed by atoms with Gasteiger partial charge in [0.05, 0.1) is 28.0 Å². The van der Waals surface area contributed by atoms with Gasteiger partial charge in [-0.2, -0.15) is 5.10 Å². The number of pyridine rings is 1. The van der Waals surface area contributed by atoms with Crippen LogP contribution in [0, 0.1) is 27.7 Å². The van der Waals surface area contributed by atoms with Gasteiger partial charge in [0, 0.05) is 24.5 Å². The first-order valence-corrected chi connectivity index (χ1v) is 8.99. The summed E-state index contributed by atoms with van der Waals surface area (Å²) in [5.74, 6) is -0.228. The number of benzene rings is 1. The van der Waals surface area contributed by atoms with Crippen LogP contribution in [-0.4, -0.2) is 25.8 Å². The van der Waals surface area contributed by atoms with E-state index in [-0.39, 0.29) is 5.91 Å². The van der Waals surface area contributed by atoms with E-state index in [1.165, 1.54) is 0 Å². The Labute approximate surface area is 162 Å². The summed E-state index contributed by atoms with van der Waals surface area (Å²) in [5.41, 5.74) is 6.66. The maximum atomic E-state index is 13.2. The molecule has 142 valence electrons. The van der Waals surface area contributed by atoms with Gasteiger partial charge in [0.1, 0.15) is 0 Å². The van der Waals surface area contributed by atoms with Gasteiger partial charge in [0.15, 0.2) is 0 Å². The fourth-order valence-corrected chi connectivity index (χ4v) is 3.41. The number of hydrogen-bond donors (Lipinski definition) is 1. The van der Waals surface area contributed by atoms with Crippen LogP contribution < -0.4 is 5.32 Å². The Morgan fingerprint density at radius 2 is 1.89 bits per heavy atom. The second-order valence-corrected chi connectivity index (χ2v) is 7.08. The quantitative estimate of drug-likeness (QED) is 0.582. The summed E-state index contributed by atoms with van der Waals surface area (Å²) in [6, 6.07) is 7.69. The van der Waals surface area contributed by atoms with E-state index in [1.807, 2.05) is 52.2 Å². The van der Waals surface area contributed by atoms with Crippen LogP contribution in [0.25, 0.3) is 22.4 Å². The number of aromatic nitrogens is 4. The van der Waals surface area contributed by atoms with Crippen molar-refractivity contribution in [3.05, 3.63) is 58.5 Å². The molecule has 4 rings (SSSR count). The van der Waals surface area contributed by atoms with E-state index in [1.54, 1.807) is 17.7 Å². The minimum atomic E-state index is -0.228. The van der Waals surface area contributed by atoms with Gasteiger partial charge in [0.2, 0.25) is 0 Å². The van der Waals surface area contributed by atoms with Crippen LogP contribution in [0.4, 0.5) is 5.69 Å². The molecule has 28 heavy (non-hydrogen) atoms. The summed E-state index contributed by atoms with van der Waals surface area (Å²) >= 11 is 0. The van der Waals surface area contributed by atoms with E-state index in [0.717, 1.165) is 28.1 Å². The molecule has 0 atom stereocenters. The second-order valence-electron chi connectivity index (χ2n) is 7.08. The molecule has 0 radical (unpaired) electrons. The smallest absolute Gasteiger partial charge is 0.259 e.